The van der Waals surface area contributed by atoms with Crippen molar-refractivity contribution in [1.82, 2.24) is 19.4 Å². The van der Waals surface area contributed by atoms with Crippen LogP contribution in [0.2, 0.25) is 0 Å². The highest BCUT2D eigenvalue weighted by atomic mass is 32.1. The Bertz CT molecular complexity index is 1240. The fraction of sp³-hybridized carbons (Fsp3) is 0.238. The number of pyridine rings is 1. The number of nitrogens with zero attached hydrogens (tertiary/aromatic N) is 3. The van der Waals surface area contributed by atoms with Crippen molar-refractivity contribution in [1.29, 1.82) is 0 Å². The zero-order chi connectivity index (χ0) is 21.1. The molecule has 0 saturated carbocycles. The maximum absolute atomic E-state index is 13.3. The number of hydrogen-bond acceptors (Lipinski definition) is 6. The molecule has 8 nitrogen and oxygen atoms in total. The Morgan fingerprint density at radius 1 is 1.27 bits per heavy atom. The molecule has 0 aliphatic carbocycles. The van der Waals surface area contributed by atoms with Crippen molar-refractivity contribution in [3.8, 4) is 0 Å². The molecule has 30 heavy (non-hydrogen) atoms. The van der Waals surface area contributed by atoms with E-state index >= 15 is 0 Å². The van der Waals surface area contributed by atoms with Gasteiger partial charge >= 0.3 is 5.69 Å². The molecular weight excluding hydrogens is 404 g/mol. The van der Waals surface area contributed by atoms with E-state index in [1.807, 2.05) is 30.5 Å². The summed E-state index contributed by atoms with van der Waals surface area (Å²) in [6.07, 6.45) is 3.69. The van der Waals surface area contributed by atoms with Crippen LogP contribution in [-0.4, -0.2) is 25.3 Å². The Morgan fingerprint density at radius 3 is 2.83 bits per heavy atom. The Morgan fingerprint density at radius 2 is 2.13 bits per heavy atom. The second kappa shape index (κ2) is 8.50. The standard InChI is InChI=1S/C21H20N4O4S/c1-2-7-25-18-17(19(26)23-21(25)28)10-14(11-22-18)20(27)24(12-15-5-3-8-29-15)13-16-6-4-9-30-16/h3-6,8-11H,2,7,12-13H2,1H3,(H,23,26,28). The highest BCUT2D eigenvalue weighted by Crippen LogP contribution is 2.18. The van der Waals surface area contributed by atoms with Crippen molar-refractivity contribution in [2.24, 2.45) is 0 Å². The molecule has 4 aromatic rings. The van der Waals surface area contributed by atoms with Gasteiger partial charge in [0.2, 0.25) is 0 Å². The molecule has 0 aromatic carbocycles. The van der Waals surface area contributed by atoms with Gasteiger partial charge in [-0.3, -0.25) is 19.1 Å². The molecule has 0 aliphatic rings. The van der Waals surface area contributed by atoms with E-state index in [0.717, 1.165) is 4.88 Å². The topological polar surface area (TPSA) is 101 Å². The lowest BCUT2D eigenvalue weighted by Gasteiger charge is -2.21. The molecule has 4 rings (SSSR count). The van der Waals surface area contributed by atoms with Gasteiger partial charge in [-0.2, -0.15) is 0 Å². The molecule has 0 aliphatic heterocycles. The molecule has 1 amide bonds. The first-order valence-electron chi connectivity index (χ1n) is 9.53. The summed E-state index contributed by atoms with van der Waals surface area (Å²) in [5, 5.41) is 2.16. The lowest BCUT2D eigenvalue weighted by molar-refractivity contribution is 0.0719. The zero-order valence-electron chi connectivity index (χ0n) is 16.3. The number of nitrogens with one attached hydrogen (secondary N) is 1. The summed E-state index contributed by atoms with van der Waals surface area (Å²) >= 11 is 1.56. The van der Waals surface area contributed by atoms with Crippen LogP contribution < -0.4 is 11.2 Å². The molecule has 0 atom stereocenters. The van der Waals surface area contributed by atoms with Gasteiger partial charge in [-0.1, -0.05) is 13.0 Å². The van der Waals surface area contributed by atoms with Gasteiger partial charge in [0.05, 0.1) is 30.3 Å². The van der Waals surface area contributed by atoms with E-state index in [1.165, 1.54) is 16.8 Å². The number of aromatic amines is 1. The normalized spacial score (nSPS) is 11.1. The van der Waals surface area contributed by atoms with Gasteiger partial charge in [-0.05, 0) is 36.1 Å². The quantitative estimate of drug-likeness (QED) is 0.491. The third kappa shape index (κ3) is 3.97. The molecule has 0 fully saturated rings. The second-order valence-electron chi connectivity index (χ2n) is 6.83. The van der Waals surface area contributed by atoms with Crippen molar-refractivity contribution < 1.29 is 9.21 Å². The number of furan rings is 1. The van der Waals surface area contributed by atoms with Gasteiger partial charge in [0.25, 0.3) is 11.5 Å². The number of carbonyl (C=O) groups is 1. The van der Waals surface area contributed by atoms with Crippen LogP contribution in [0, 0.1) is 0 Å². The molecule has 1 N–H and O–H groups in total. The van der Waals surface area contributed by atoms with E-state index in [2.05, 4.69) is 9.97 Å². The average molecular weight is 424 g/mol. The molecule has 0 spiro atoms. The van der Waals surface area contributed by atoms with Crippen LogP contribution in [0.15, 0.2) is 62.2 Å². The lowest BCUT2D eigenvalue weighted by atomic mass is 10.2. The molecule has 0 bridgehead atoms. The van der Waals surface area contributed by atoms with Crippen LogP contribution in [0.4, 0.5) is 0 Å². The minimum Gasteiger partial charge on any atom is -0.467 e. The number of aromatic nitrogens is 3. The summed E-state index contributed by atoms with van der Waals surface area (Å²) < 4.78 is 6.83. The number of rotatable bonds is 7. The first kappa shape index (κ1) is 19.8. The molecule has 0 radical (unpaired) electrons. The predicted octanol–water partition coefficient (Wildman–Crippen LogP) is 2.99. The van der Waals surface area contributed by atoms with E-state index < -0.39 is 11.2 Å². The highest BCUT2D eigenvalue weighted by Gasteiger charge is 2.20. The predicted molar refractivity (Wildman–Crippen MR) is 114 cm³/mol. The first-order valence-corrected chi connectivity index (χ1v) is 10.4. The summed E-state index contributed by atoms with van der Waals surface area (Å²) in [7, 11) is 0. The molecule has 0 saturated heterocycles. The number of hydrogen-bond donors (Lipinski definition) is 1. The molecule has 4 aromatic heterocycles. The molecule has 0 unspecified atom stereocenters. The van der Waals surface area contributed by atoms with Gasteiger partial charge in [0.15, 0.2) is 0 Å². The van der Waals surface area contributed by atoms with E-state index in [-0.39, 0.29) is 29.0 Å². The van der Waals surface area contributed by atoms with Crippen LogP contribution in [0.3, 0.4) is 0 Å². The third-order valence-electron chi connectivity index (χ3n) is 4.67. The van der Waals surface area contributed by atoms with Crippen LogP contribution in [0.5, 0.6) is 0 Å². The summed E-state index contributed by atoms with van der Waals surface area (Å²) in [5.74, 6) is 0.380. The second-order valence-corrected chi connectivity index (χ2v) is 7.86. The van der Waals surface area contributed by atoms with E-state index in [4.69, 9.17) is 4.42 Å². The fourth-order valence-electron chi connectivity index (χ4n) is 3.28. The smallest absolute Gasteiger partial charge is 0.329 e. The number of amides is 1. The first-order chi connectivity index (χ1) is 14.6. The number of fused-ring (bicyclic) bond motifs is 1. The minimum absolute atomic E-state index is 0.211. The van der Waals surface area contributed by atoms with Crippen LogP contribution in [0.25, 0.3) is 11.0 Å². The summed E-state index contributed by atoms with van der Waals surface area (Å²) in [6, 6.07) is 8.97. The highest BCUT2D eigenvalue weighted by molar-refractivity contribution is 7.09. The van der Waals surface area contributed by atoms with E-state index in [0.29, 0.717) is 25.3 Å². The Balaban J connectivity index is 1.73. The molecular formula is C21H20N4O4S. The summed E-state index contributed by atoms with van der Waals surface area (Å²) in [6.45, 7) is 3.04. The zero-order valence-corrected chi connectivity index (χ0v) is 17.1. The van der Waals surface area contributed by atoms with Gasteiger partial charge in [0, 0.05) is 17.6 Å². The minimum atomic E-state index is -0.555. The number of thiophene rings is 1. The lowest BCUT2D eigenvalue weighted by Crippen LogP contribution is -2.32. The largest absolute Gasteiger partial charge is 0.467 e. The Labute approximate surface area is 175 Å². The fourth-order valence-corrected chi connectivity index (χ4v) is 4.00. The third-order valence-corrected chi connectivity index (χ3v) is 5.53. The molecule has 9 heteroatoms. The maximum Gasteiger partial charge on any atom is 0.329 e. The number of carbonyl (C=O) groups excluding carboxylic acids is 1. The van der Waals surface area contributed by atoms with Crippen molar-refractivity contribution in [2.45, 2.75) is 33.0 Å². The van der Waals surface area contributed by atoms with Crippen LogP contribution in [0.1, 0.15) is 34.3 Å². The van der Waals surface area contributed by atoms with Crippen molar-refractivity contribution in [3.63, 3.8) is 0 Å². The SMILES string of the molecule is CCCn1c(=O)[nH]c(=O)c2cc(C(=O)N(Cc3ccco3)Cc3cccs3)cnc21. The number of H-pyrrole nitrogens is 1. The molecule has 154 valence electrons. The Kier molecular flexibility index (Phi) is 5.62. The van der Waals surface area contributed by atoms with Crippen molar-refractivity contribution >= 4 is 28.3 Å². The van der Waals surface area contributed by atoms with Gasteiger partial charge in [0.1, 0.15) is 11.4 Å². The van der Waals surface area contributed by atoms with Crippen LogP contribution >= 0.6 is 11.3 Å². The van der Waals surface area contributed by atoms with Crippen molar-refractivity contribution in [2.75, 3.05) is 0 Å². The van der Waals surface area contributed by atoms with Crippen molar-refractivity contribution in [3.05, 3.63) is 85.2 Å². The van der Waals surface area contributed by atoms with Gasteiger partial charge in [-0.25, -0.2) is 9.78 Å². The molecule has 4 heterocycles. The van der Waals surface area contributed by atoms with Crippen LogP contribution in [-0.2, 0) is 19.6 Å². The summed E-state index contributed by atoms with van der Waals surface area (Å²) in [4.78, 5) is 47.0. The number of aryl methyl sites for hydroxylation is 1. The van der Waals surface area contributed by atoms with E-state index in [1.54, 1.807) is 28.6 Å². The van der Waals surface area contributed by atoms with Gasteiger partial charge < -0.3 is 9.32 Å². The Hall–Kier alpha value is -3.46. The maximum atomic E-state index is 13.3. The van der Waals surface area contributed by atoms with Gasteiger partial charge in [-0.15, -0.1) is 11.3 Å². The monoisotopic (exact) mass is 424 g/mol. The summed E-state index contributed by atoms with van der Waals surface area (Å²) in [5.41, 5.74) is -0.505. The average Bonchev–Trinajstić information content (AvgIpc) is 3.44. The van der Waals surface area contributed by atoms with E-state index in [9.17, 15) is 14.4 Å².